The van der Waals surface area contributed by atoms with E-state index in [4.69, 9.17) is 5.73 Å². The van der Waals surface area contributed by atoms with E-state index in [1.165, 1.54) is 0 Å². The Morgan fingerprint density at radius 3 is 2.05 bits per heavy atom. The van der Waals surface area contributed by atoms with Gasteiger partial charge in [0.1, 0.15) is 6.54 Å². The van der Waals surface area contributed by atoms with E-state index in [0.717, 1.165) is 21.0 Å². The average Bonchev–Trinajstić information content (AvgIpc) is 2.25. The van der Waals surface area contributed by atoms with Crippen LogP contribution in [-0.2, 0) is 14.8 Å². The van der Waals surface area contributed by atoms with Crippen LogP contribution >= 0.6 is 0 Å². The first-order valence-corrected chi connectivity index (χ1v) is 7.66. The van der Waals surface area contributed by atoms with E-state index in [1.54, 1.807) is 6.92 Å². The molecule has 1 aromatic carbocycles. The first kappa shape index (κ1) is 15.5. The maximum atomic E-state index is 12.1. The SMILES string of the molecule is CCS(=O)(=O)N(CC(N)=O)c1c(C)cc(C)cc1C. The Bertz CT molecular complexity index is 571. The number of sulfonamides is 1. The lowest BCUT2D eigenvalue weighted by atomic mass is 10.1. The monoisotopic (exact) mass is 284 g/mol. The zero-order chi connectivity index (χ0) is 14.8. The number of benzene rings is 1. The van der Waals surface area contributed by atoms with Crippen LogP contribution in [0.1, 0.15) is 23.6 Å². The molecule has 0 fully saturated rings. The summed E-state index contributed by atoms with van der Waals surface area (Å²) in [5, 5.41) is 0. The van der Waals surface area contributed by atoms with E-state index < -0.39 is 15.9 Å². The van der Waals surface area contributed by atoms with Gasteiger partial charge < -0.3 is 5.73 Å². The van der Waals surface area contributed by atoms with Gasteiger partial charge in [0.15, 0.2) is 0 Å². The van der Waals surface area contributed by atoms with Crippen LogP contribution in [0.5, 0.6) is 0 Å². The van der Waals surface area contributed by atoms with Crippen molar-refractivity contribution in [2.75, 3.05) is 16.6 Å². The van der Waals surface area contributed by atoms with E-state index >= 15 is 0 Å². The van der Waals surface area contributed by atoms with E-state index in [1.807, 2.05) is 32.9 Å². The Morgan fingerprint density at radius 2 is 1.68 bits per heavy atom. The van der Waals surface area contributed by atoms with Crippen molar-refractivity contribution in [1.82, 2.24) is 0 Å². The predicted molar refractivity (Wildman–Crippen MR) is 76.7 cm³/mol. The first-order valence-electron chi connectivity index (χ1n) is 6.05. The van der Waals surface area contributed by atoms with Gasteiger partial charge in [-0.1, -0.05) is 17.7 Å². The third kappa shape index (κ3) is 3.47. The van der Waals surface area contributed by atoms with Gasteiger partial charge in [0.25, 0.3) is 0 Å². The molecule has 1 rings (SSSR count). The highest BCUT2D eigenvalue weighted by Gasteiger charge is 2.25. The molecule has 0 aliphatic carbocycles. The fourth-order valence-corrected chi connectivity index (χ4v) is 3.38. The van der Waals surface area contributed by atoms with Crippen LogP contribution in [-0.4, -0.2) is 26.6 Å². The molecule has 0 radical (unpaired) electrons. The van der Waals surface area contributed by atoms with Crippen LogP contribution in [0.2, 0.25) is 0 Å². The second-order valence-electron chi connectivity index (χ2n) is 4.62. The summed E-state index contributed by atoms with van der Waals surface area (Å²) in [5.74, 6) is -0.746. The highest BCUT2D eigenvalue weighted by molar-refractivity contribution is 7.92. The van der Waals surface area contributed by atoms with Crippen molar-refractivity contribution in [1.29, 1.82) is 0 Å². The fraction of sp³-hybridized carbons (Fsp3) is 0.462. The van der Waals surface area contributed by atoms with E-state index in [-0.39, 0.29) is 12.3 Å². The van der Waals surface area contributed by atoms with Gasteiger partial charge in [-0.25, -0.2) is 8.42 Å². The molecule has 0 aliphatic heterocycles. The lowest BCUT2D eigenvalue weighted by molar-refractivity contribution is -0.116. The highest BCUT2D eigenvalue weighted by Crippen LogP contribution is 2.28. The summed E-state index contributed by atoms with van der Waals surface area (Å²) in [4.78, 5) is 11.2. The summed E-state index contributed by atoms with van der Waals surface area (Å²) in [6.45, 7) is 6.81. The molecule has 0 saturated carbocycles. The van der Waals surface area contributed by atoms with Crippen molar-refractivity contribution in [3.63, 3.8) is 0 Å². The maximum absolute atomic E-state index is 12.1. The van der Waals surface area contributed by atoms with Crippen LogP contribution in [0.4, 0.5) is 5.69 Å². The molecular formula is C13H20N2O3S. The van der Waals surface area contributed by atoms with Crippen molar-refractivity contribution < 1.29 is 13.2 Å². The molecule has 0 aromatic heterocycles. The van der Waals surface area contributed by atoms with Gasteiger partial charge in [-0.3, -0.25) is 9.10 Å². The van der Waals surface area contributed by atoms with Gasteiger partial charge in [-0.15, -0.1) is 0 Å². The van der Waals surface area contributed by atoms with Crippen LogP contribution in [0.3, 0.4) is 0 Å². The van der Waals surface area contributed by atoms with Gasteiger partial charge in [-0.2, -0.15) is 0 Å². The van der Waals surface area contributed by atoms with Gasteiger partial charge in [0.05, 0.1) is 11.4 Å². The smallest absolute Gasteiger partial charge is 0.238 e. The molecule has 2 N–H and O–H groups in total. The van der Waals surface area contributed by atoms with Crippen molar-refractivity contribution in [3.8, 4) is 0 Å². The molecule has 0 atom stereocenters. The zero-order valence-electron chi connectivity index (χ0n) is 11.7. The number of nitrogens with two attached hydrogens (primary N) is 1. The predicted octanol–water partition coefficient (Wildman–Crippen LogP) is 1.25. The van der Waals surface area contributed by atoms with Crippen LogP contribution in [0.25, 0.3) is 0 Å². The Hall–Kier alpha value is -1.56. The number of hydrogen-bond donors (Lipinski definition) is 1. The van der Waals surface area contributed by atoms with E-state index in [9.17, 15) is 13.2 Å². The number of rotatable bonds is 5. The zero-order valence-corrected chi connectivity index (χ0v) is 12.5. The summed E-state index contributed by atoms with van der Waals surface area (Å²) in [6, 6.07) is 3.78. The number of primary amides is 1. The highest BCUT2D eigenvalue weighted by atomic mass is 32.2. The lowest BCUT2D eigenvalue weighted by Gasteiger charge is -2.26. The largest absolute Gasteiger partial charge is 0.368 e. The number of aryl methyl sites for hydroxylation is 3. The van der Waals surface area contributed by atoms with Gasteiger partial charge in [-0.05, 0) is 38.8 Å². The summed E-state index contributed by atoms with van der Waals surface area (Å²) >= 11 is 0. The summed E-state index contributed by atoms with van der Waals surface area (Å²) in [7, 11) is -3.53. The topological polar surface area (TPSA) is 80.5 Å². The number of hydrogen-bond acceptors (Lipinski definition) is 3. The number of anilines is 1. The first-order chi connectivity index (χ1) is 8.69. The van der Waals surface area contributed by atoms with Crippen molar-refractivity contribution >= 4 is 21.6 Å². The normalized spacial score (nSPS) is 11.4. The lowest BCUT2D eigenvalue weighted by Crippen LogP contribution is -2.40. The molecule has 19 heavy (non-hydrogen) atoms. The average molecular weight is 284 g/mol. The minimum atomic E-state index is -3.53. The van der Waals surface area contributed by atoms with Crippen molar-refractivity contribution in [3.05, 3.63) is 28.8 Å². The summed E-state index contributed by atoms with van der Waals surface area (Å²) in [6.07, 6.45) is 0. The molecule has 6 heteroatoms. The van der Waals surface area contributed by atoms with Crippen LogP contribution < -0.4 is 10.0 Å². The fourth-order valence-electron chi connectivity index (χ4n) is 2.18. The third-order valence-electron chi connectivity index (χ3n) is 2.88. The molecular weight excluding hydrogens is 264 g/mol. The molecule has 0 aliphatic rings. The van der Waals surface area contributed by atoms with E-state index in [2.05, 4.69) is 0 Å². The second-order valence-corrected chi connectivity index (χ2v) is 6.80. The quantitative estimate of drug-likeness (QED) is 0.883. The van der Waals surface area contributed by atoms with Crippen LogP contribution in [0, 0.1) is 20.8 Å². The molecule has 0 unspecified atom stereocenters. The molecule has 0 spiro atoms. The van der Waals surface area contributed by atoms with Gasteiger partial charge in [0, 0.05) is 0 Å². The molecule has 0 bridgehead atoms. The summed E-state index contributed by atoms with van der Waals surface area (Å²) < 4.78 is 25.4. The minimum absolute atomic E-state index is 0.0764. The number of carbonyl (C=O) groups is 1. The molecule has 0 heterocycles. The molecule has 1 amide bonds. The second kappa shape index (κ2) is 5.61. The van der Waals surface area contributed by atoms with Crippen LogP contribution in [0.15, 0.2) is 12.1 Å². The van der Waals surface area contributed by atoms with Crippen molar-refractivity contribution in [2.24, 2.45) is 5.73 Å². The molecule has 0 saturated heterocycles. The maximum Gasteiger partial charge on any atom is 0.238 e. The minimum Gasteiger partial charge on any atom is -0.368 e. The van der Waals surface area contributed by atoms with E-state index in [0.29, 0.717) is 5.69 Å². The Balaban J connectivity index is 3.46. The standard InChI is InChI=1S/C13H20N2O3S/c1-5-19(17,18)15(8-12(14)16)13-10(3)6-9(2)7-11(13)4/h6-7H,5,8H2,1-4H3,(H2,14,16). The molecule has 1 aromatic rings. The van der Waals surface area contributed by atoms with Crippen molar-refractivity contribution in [2.45, 2.75) is 27.7 Å². The van der Waals surface area contributed by atoms with Gasteiger partial charge >= 0.3 is 0 Å². The molecule has 106 valence electrons. The Kier molecular flexibility index (Phi) is 4.57. The molecule has 5 nitrogen and oxygen atoms in total. The third-order valence-corrected chi connectivity index (χ3v) is 4.60. The summed E-state index contributed by atoms with van der Waals surface area (Å²) in [5.41, 5.74) is 8.39. The Morgan fingerprint density at radius 1 is 1.21 bits per heavy atom. The number of amides is 1. The number of carbonyl (C=O) groups excluding carboxylic acids is 1. The number of nitrogens with zero attached hydrogens (tertiary/aromatic N) is 1. The Labute approximate surface area is 114 Å². The van der Waals surface area contributed by atoms with Gasteiger partial charge in [0.2, 0.25) is 15.9 Å².